The number of furan rings is 1. The number of hydrogen-bond donors (Lipinski definition) is 1. The van der Waals surface area contributed by atoms with E-state index in [2.05, 4.69) is 15.6 Å². The number of hydrogen-bond acceptors (Lipinski definition) is 6. The Labute approximate surface area is 175 Å². The van der Waals surface area contributed by atoms with E-state index >= 15 is 0 Å². The molecule has 2 heterocycles. The molecular weight excluding hydrogens is 386 g/mol. The standard InChI is InChI=1S/C21H27N5O4/c1-3-4-12-25(19(27)15-26-17-9-6-5-8-16(17)23-24-26)20(18-10-7-13-30-18)21(28)22-11-14-29-2/h5-10,13,20H,3-4,11-12,14-15H2,1-2H3,(H,22,28). The topological polar surface area (TPSA) is 102 Å². The van der Waals surface area contributed by atoms with E-state index in [1.165, 1.54) is 6.26 Å². The number of rotatable bonds is 11. The molecule has 30 heavy (non-hydrogen) atoms. The summed E-state index contributed by atoms with van der Waals surface area (Å²) in [6.45, 7) is 3.16. The lowest BCUT2D eigenvalue weighted by Gasteiger charge is -2.29. The zero-order valence-corrected chi connectivity index (χ0v) is 17.3. The zero-order chi connectivity index (χ0) is 21.3. The molecule has 3 aromatic rings. The molecule has 1 unspecified atom stereocenters. The maximum Gasteiger partial charge on any atom is 0.250 e. The van der Waals surface area contributed by atoms with E-state index in [4.69, 9.17) is 9.15 Å². The molecule has 1 atom stereocenters. The molecule has 9 heteroatoms. The Hall–Kier alpha value is -3.20. The minimum absolute atomic E-state index is 0.0210. The molecule has 2 amide bonds. The van der Waals surface area contributed by atoms with Crippen molar-refractivity contribution in [3.63, 3.8) is 0 Å². The van der Waals surface area contributed by atoms with Crippen LogP contribution in [0.3, 0.4) is 0 Å². The molecular formula is C21H27N5O4. The van der Waals surface area contributed by atoms with Crippen molar-refractivity contribution < 1.29 is 18.7 Å². The Bertz CT molecular complexity index is 953. The van der Waals surface area contributed by atoms with Crippen LogP contribution in [0.1, 0.15) is 31.6 Å². The van der Waals surface area contributed by atoms with Gasteiger partial charge in [-0.05, 0) is 30.7 Å². The molecule has 160 valence electrons. The predicted octanol–water partition coefficient (Wildman–Crippen LogP) is 2.16. The molecule has 2 aromatic heterocycles. The second-order valence-electron chi connectivity index (χ2n) is 6.88. The fourth-order valence-electron chi connectivity index (χ4n) is 3.22. The van der Waals surface area contributed by atoms with Gasteiger partial charge in [0.25, 0.3) is 5.91 Å². The van der Waals surface area contributed by atoms with Crippen LogP contribution in [-0.2, 0) is 20.9 Å². The molecule has 0 radical (unpaired) electrons. The number of fused-ring (bicyclic) bond motifs is 1. The average molecular weight is 413 g/mol. The van der Waals surface area contributed by atoms with Gasteiger partial charge in [0.2, 0.25) is 5.91 Å². The number of benzene rings is 1. The van der Waals surface area contributed by atoms with E-state index in [0.29, 0.717) is 31.0 Å². The smallest absolute Gasteiger partial charge is 0.250 e. The maximum absolute atomic E-state index is 13.3. The first-order valence-corrected chi connectivity index (χ1v) is 10.0. The van der Waals surface area contributed by atoms with Gasteiger partial charge in [-0.15, -0.1) is 5.10 Å². The summed E-state index contributed by atoms with van der Waals surface area (Å²) < 4.78 is 12.1. The van der Waals surface area contributed by atoms with Gasteiger partial charge < -0.3 is 19.4 Å². The second kappa shape index (κ2) is 10.5. The number of nitrogens with zero attached hydrogens (tertiary/aromatic N) is 4. The van der Waals surface area contributed by atoms with Crippen molar-refractivity contribution in [3.8, 4) is 0 Å². The number of methoxy groups -OCH3 is 1. The number of unbranched alkanes of at least 4 members (excludes halogenated alkanes) is 1. The van der Waals surface area contributed by atoms with Gasteiger partial charge in [-0.25, -0.2) is 4.68 Å². The van der Waals surface area contributed by atoms with Crippen LogP contribution in [0, 0.1) is 0 Å². The third kappa shape index (κ3) is 5.04. The van der Waals surface area contributed by atoms with Gasteiger partial charge in [-0.2, -0.15) is 0 Å². The van der Waals surface area contributed by atoms with Gasteiger partial charge in [0.15, 0.2) is 6.04 Å². The van der Waals surface area contributed by atoms with Crippen LogP contribution in [0.4, 0.5) is 0 Å². The number of para-hydroxylation sites is 1. The first-order valence-electron chi connectivity index (χ1n) is 10.0. The van der Waals surface area contributed by atoms with Gasteiger partial charge in [0, 0.05) is 20.2 Å². The lowest BCUT2D eigenvalue weighted by molar-refractivity contribution is -0.142. The van der Waals surface area contributed by atoms with Gasteiger partial charge in [-0.1, -0.05) is 30.7 Å². The van der Waals surface area contributed by atoms with Crippen LogP contribution in [0.25, 0.3) is 11.0 Å². The predicted molar refractivity (Wildman–Crippen MR) is 110 cm³/mol. The highest BCUT2D eigenvalue weighted by molar-refractivity contribution is 5.88. The lowest BCUT2D eigenvalue weighted by atomic mass is 10.1. The van der Waals surface area contributed by atoms with Crippen LogP contribution >= 0.6 is 0 Å². The molecule has 0 spiro atoms. The number of carbonyl (C=O) groups excluding carboxylic acids is 2. The quantitative estimate of drug-likeness (QED) is 0.483. The highest BCUT2D eigenvalue weighted by Crippen LogP contribution is 2.23. The van der Waals surface area contributed by atoms with Crippen molar-refractivity contribution in [2.75, 3.05) is 26.8 Å². The van der Waals surface area contributed by atoms with E-state index in [9.17, 15) is 9.59 Å². The first kappa shape index (κ1) is 21.5. The van der Waals surface area contributed by atoms with Crippen LogP contribution in [0.2, 0.25) is 0 Å². The number of nitrogens with one attached hydrogen (secondary N) is 1. The largest absolute Gasteiger partial charge is 0.467 e. The van der Waals surface area contributed by atoms with E-state index in [-0.39, 0.29) is 18.4 Å². The fourth-order valence-corrected chi connectivity index (χ4v) is 3.22. The molecule has 0 fully saturated rings. The summed E-state index contributed by atoms with van der Waals surface area (Å²) in [5, 5.41) is 11.0. The number of aromatic nitrogens is 3. The minimum atomic E-state index is -0.870. The van der Waals surface area contributed by atoms with Gasteiger partial charge in [0.1, 0.15) is 17.8 Å². The van der Waals surface area contributed by atoms with E-state index < -0.39 is 6.04 Å². The summed E-state index contributed by atoms with van der Waals surface area (Å²) in [4.78, 5) is 27.9. The summed E-state index contributed by atoms with van der Waals surface area (Å²) in [5.41, 5.74) is 1.48. The first-order chi connectivity index (χ1) is 14.7. The van der Waals surface area contributed by atoms with Crippen molar-refractivity contribution in [2.24, 2.45) is 0 Å². The van der Waals surface area contributed by atoms with Crippen molar-refractivity contribution in [1.29, 1.82) is 0 Å². The molecule has 0 saturated heterocycles. The van der Waals surface area contributed by atoms with Crippen LogP contribution in [-0.4, -0.2) is 58.5 Å². The third-order valence-electron chi connectivity index (χ3n) is 4.76. The van der Waals surface area contributed by atoms with E-state index in [1.807, 2.05) is 31.2 Å². The van der Waals surface area contributed by atoms with E-state index in [1.54, 1.807) is 28.8 Å². The Morgan fingerprint density at radius 1 is 1.27 bits per heavy atom. The molecule has 9 nitrogen and oxygen atoms in total. The number of amides is 2. The summed E-state index contributed by atoms with van der Waals surface area (Å²) in [6, 6.07) is 9.99. The molecule has 0 aliphatic heterocycles. The Kier molecular flexibility index (Phi) is 7.56. The molecule has 3 rings (SSSR count). The van der Waals surface area contributed by atoms with Crippen molar-refractivity contribution in [2.45, 2.75) is 32.4 Å². The summed E-state index contributed by atoms with van der Waals surface area (Å²) in [6.07, 6.45) is 3.14. The Balaban J connectivity index is 1.86. The Morgan fingerprint density at radius 3 is 2.83 bits per heavy atom. The molecule has 0 aliphatic rings. The molecule has 0 saturated carbocycles. The normalized spacial score (nSPS) is 12.1. The molecule has 1 N–H and O–H groups in total. The SMILES string of the molecule is CCCCN(C(=O)Cn1nnc2ccccc21)C(C(=O)NCCOC)c1ccco1. The zero-order valence-electron chi connectivity index (χ0n) is 17.3. The minimum Gasteiger partial charge on any atom is -0.467 e. The van der Waals surface area contributed by atoms with Gasteiger partial charge in [0.05, 0.1) is 18.4 Å². The van der Waals surface area contributed by atoms with Crippen molar-refractivity contribution >= 4 is 22.8 Å². The summed E-state index contributed by atoms with van der Waals surface area (Å²) in [7, 11) is 1.57. The maximum atomic E-state index is 13.3. The lowest BCUT2D eigenvalue weighted by Crippen LogP contribution is -2.45. The molecule has 0 aliphatic carbocycles. The third-order valence-corrected chi connectivity index (χ3v) is 4.76. The van der Waals surface area contributed by atoms with E-state index in [0.717, 1.165) is 18.4 Å². The summed E-state index contributed by atoms with van der Waals surface area (Å²) >= 11 is 0. The summed E-state index contributed by atoms with van der Waals surface area (Å²) in [5.74, 6) is -0.130. The molecule has 1 aromatic carbocycles. The van der Waals surface area contributed by atoms with Crippen LogP contribution < -0.4 is 5.32 Å². The number of carbonyl (C=O) groups is 2. The average Bonchev–Trinajstić information content (AvgIpc) is 3.41. The van der Waals surface area contributed by atoms with Crippen molar-refractivity contribution in [1.82, 2.24) is 25.2 Å². The number of ether oxygens (including phenoxy) is 1. The van der Waals surface area contributed by atoms with Crippen LogP contribution in [0.15, 0.2) is 47.1 Å². The van der Waals surface area contributed by atoms with Crippen LogP contribution in [0.5, 0.6) is 0 Å². The fraction of sp³-hybridized carbons (Fsp3) is 0.429. The van der Waals surface area contributed by atoms with Gasteiger partial charge >= 0.3 is 0 Å². The molecule has 0 bridgehead atoms. The Morgan fingerprint density at radius 2 is 2.10 bits per heavy atom. The van der Waals surface area contributed by atoms with Gasteiger partial charge in [-0.3, -0.25) is 9.59 Å². The highest BCUT2D eigenvalue weighted by Gasteiger charge is 2.33. The highest BCUT2D eigenvalue weighted by atomic mass is 16.5. The second-order valence-corrected chi connectivity index (χ2v) is 6.88. The van der Waals surface area contributed by atoms with Crippen molar-refractivity contribution in [3.05, 3.63) is 48.4 Å². The monoisotopic (exact) mass is 413 g/mol.